The number of thiophene rings is 1. The predicted octanol–water partition coefficient (Wildman–Crippen LogP) is 0.918. The van der Waals surface area contributed by atoms with Crippen LogP contribution < -0.4 is 16.4 Å². The highest BCUT2D eigenvalue weighted by molar-refractivity contribution is 7.15. The molecular formula is C20H28N4O4S. The van der Waals surface area contributed by atoms with Gasteiger partial charge in [-0.2, -0.15) is 0 Å². The van der Waals surface area contributed by atoms with Gasteiger partial charge in [-0.1, -0.05) is 18.2 Å². The number of ether oxygens (including phenoxy) is 1. The van der Waals surface area contributed by atoms with Gasteiger partial charge in [0, 0.05) is 38.3 Å². The van der Waals surface area contributed by atoms with Crippen molar-refractivity contribution in [3.8, 4) is 0 Å². The lowest BCUT2D eigenvalue weighted by Crippen LogP contribution is -2.41. The monoisotopic (exact) mass is 420 g/mol. The Morgan fingerprint density at radius 2 is 1.90 bits per heavy atom. The van der Waals surface area contributed by atoms with Crippen LogP contribution in [0.15, 0.2) is 35.9 Å². The maximum absolute atomic E-state index is 12.3. The Morgan fingerprint density at radius 3 is 2.55 bits per heavy atom. The summed E-state index contributed by atoms with van der Waals surface area (Å²) in [6.45, 7) is 6.92. The zero-order valence-electron chi connectivity index (χ0n) is 16.6. The number of hydrogen-bond acceptors (Lipinski definition) is 6. The number of nitrogens with zero attached hydrogens (tertiary/aromatic N) is 1. The molecule has 0 aliphatic carbocycles. The highest BCUT2D eigenvalue weighted by atomic mass is 32.1. The van der Waals surface area contributed by atoms with E-state index in [0.29, 0.717) is 34.8 Å². The quantitative estimate of drug-likeness (QED) is 0.296. The van der Waals surface area contributed by atoms with Crippen LogP contribution in [0.3, 0.4) is 0 Å². The van der Waals surface area contributed by atoms with E-state index in [-0.39, 0.29) is 11.8 Å². The minimum absolute atomic E-state index is 0.112. The molecule has 0 aromatic carbocycles. The molecule has 0 unspecified atom stereocenters. The molecule has 29 heavy (non-hydrogen) atoms. The Labute approximate surface area is 174 Å². The number of carbonyl (C=O) groups excluding carboxylic acids is 3. The number of morpholine rings is 1. The minimum atomic E-state index is -0.543. The van der Waals surface area contributed by atoms with Gasteiger partial charge in [-0.05, 0) is 25.5 Å². The fourth-order valence-electron chi connectivity index (χ4n) is 2.72. The number of rotatable bonds is 10. The normalized spacial score (nSPS) is 15.4. The van der Waals surface area contributed by atoms with E-state index in [0.717, 1.165) is 44.2 Å². The summed E-state index contributed by atoms with van der Waals surface area (Å²) >= 11 is 1.07. The molecule has 1 saturated heterocycles. The molecule has 1 aromatic heterocycles. The van der Waals surface area contributed by atoms with Crippen LogP contribution in [0.4, 0.5) is 0 Å². The zero-order valence-corrected chi connectivity index (χ0v) is 17.4. The predicted molar refractivity (Wildman–Crippen MR) is 113 cm³/mol. The Bertz CT molecular complexity index is 766. The van der Waals surface area contributed by atoms with Crippen LogP contribution in [-0.4, -0.2) is 68.6 Å². The van der Waals surface area contributed by atoms with E-state index >= 15 is 0 Å². The molecular weight excluding hydrogens is 392 g/mol. The Kier molecular flexibility index (Phi) is 9.55. The van der Waals surface area contributed by atoms with Gasteiger partial charge in [0.05, 0.1) is 23.0 Å². The van der Waals surface area contributed by atoms with E-state index in [1.54, 1.807) is 18.2 Å². The highest BCUT2D eigenvalue weighted by Crippen LogP contribution is 2.15. The molecule has 2 rings (SSSR count). The number of carbonyl (C=O) groups is 3. The number of amides is 3. The molecule has 1 aliphatic rings. The van der Waals surface area contributed by atoms with Crippen molar-refractivity contribution in [1.29, 1.82) is 0 Å². The van der Waals surface area contributed by atoms with Crippen molar-refractivity contribution in [2.45, 2.75) is 13.3 Å². The smallest absolute Gasteiger partial charge is 0.261 e. The van der Waals surface area contributed by atoms with Crippen LogP contribution in [-0.2, 0) is 9.53 Å². The third kappa shape index (κ3) is 7.80. The number of primary amides is 1. The molecule has 2 heterocycles. The van der Waals surface area contributed by atoms with Crippen molar-refractivity contribution in [2.75, 3.05) is 45.9 Å². The van der Waals surface area contributed by atoms with Gasteiger partial charge in [0.2, 0.25) is 0 Å². The maximum atomic E-state index is 12.3. The number of nitrogens with two attached hydrogens (primary N) is 1. The molecule has 0 bridgehead atoms. The van der Waals surface area contributed by atoms with Crippen molar-refractivity contribution >= 4 is 29.1 Å². The van der Waals surface area contributed by atoms with Gasteiger partial charge >= 0.3 is 0 Å². The van der Waals surface area contributed by atoms with Crippen LogP contribution in [0.1, 0.15) is 32.7 Å². The first-order chi connectivity index (χ1) is 14.0. The zero-order chi connectivity index (χ0) is 21.1. The molecule has 158 valence electrons. The third-order valence-electron chi connectivity index (χ3n) is 4.36. The van der Waals surface area contributed by atoms with Crippen LogP contribution in [0, 0.1) is 0 Å². The van der Waals surface area contributed by atoms with Gasteiger partial charge in [-0.25, -0.2) is 0 Å². The first kappa shape index (κ1) is 22.8. The summed E-state index contributed by atoms with van der Waals surface area (Å²) < 4.78 is 5.31. The van der Waals surface area contributed by atoms with E-state index < -0.39 is 5.91 Å². The fourth-order valence-corrected chi connectivity index (χ4v) is 3.49. The van der Waals surface area contributed by atoms with E-state index in [1.165, 1.54) is 6.07 Å². The van der Waals surface area contributed by atoms with Crippen molar-refractivity contribution < 1.29 is 19.1 Å². The lowest BCUT2D eigenvalue weighted by molar-refractivity contribution is -0.117. The van der Waals surface area contributed by atoms with Gasteiger partial charge in [-0.3, -0.25) is 19.3 Å². The molecule has 0 spiro atoms. The van der Waals surface area contributed by atoms with Crippen molar-refractivity contribution in [3.63, 3.8) is 0 Å². The minimum Gasteiger partial charge on any atom is -0.379 e. The summed E-state index contributed by atoms with van der Waals surface area (Å²) in [5.41, 5.74) is 5.77. The van der Waals surface area contributed by atoms with Crippen LogP contribution in [0.5, 0.6) is 0 Å². The van der Waals surface area contributed by atoms with E-state index in [2.05, 4.69) is 15.5 Å². The maximum Gasteiger partial charge on any atom is 0.261 e. The summed E-state index contributed by atoms with van der Waals surface area (Å²) in [5, 5.41) is 5.70. The summed E-state index contributed by atoms with van der Waals surface area (Å²) in [7, 11) is 0. The van der Waals surface area contributed by atoms with E-state index in [9.17, 15) is 14.4 Å². The third-order valence-corrected chi connectivity index (χ3v) is 5.46. The molecule has 8 nitrogen and oxygen atoms in total. The standard InChI is InChI=1S/C20H28N4O4S/c1-2-15(19(26)23-9-10-24-11-13-28-14-12-24)5-3-4-8-22-20(27)17-7-6-16(29-17)18(21)25/h2-3,5-7H,4,8-14H2,1H3,(H2,21,25)(H,22,27)(H,23,26)/b5-3-,15-2+. The largest absolute Gasteiger partial charge is 0.379 e. The second kappa shape index (κ2) is 12.2. The van der Waals surface area contributed by atoms with Crippen molar-refractivity contribution in [1.82, 2.24) is 15.5 Å². The molecule has 9 heteroatoms. The van der Waals surface area contributed by atoms with Gasteiger partial charge in [0.1, 0.15) is 0 Å². The summed E-state index contributed by atoms with van der Waals surface area (Å²) in [6, 6.07) is 3.12. The first-order valence-corrected chi connectivity index (χ1v) is 10.4. The van der Waals surface area contributed by atoms with Gasteiger partial charge < -0.3 is 21.1 Å². The molecule has 0 saturated carbocycles. The van der Waals surface area contributed by atoms with E-state index in [1.807, 2.05) is 13.0 Å². The summed E-state index contributed by atoms with van der Waals surface area (Å²) in [5.74, 6) is -0.902. The molecule has 1 fully saturated rings. The molecule has 3 amide bonds. The number of hydrogen-bond donors (Lipinski definition) is 3. The van der Waals surface area contributed by atoms with E-state index in [4.69, 9.17) is 10.5 Å². The van der Waals surface area contributed by atoms with Gasteiger partial charge in [0.15, 0.2) is 0 Å². The highest BCUT2D eigenvalue weighted by Gasteiger charge is 2.12. The Morgan fingerprint density at radius 1 is 1.17 bits per heavy atom. The molecule has 1 aromatic rings. The molecule has 1 aliphatic heterocycles. The lowest BCUT2D eigenvalue weighted by atomic mass is 10.2. The van der Waals surface area contributed by atoms with Gasteiger partial charge in [0.25, 0.3) is 17.7 Å². The lowest BCUT2D eigenvalue weighted by Gasteiger charge is -2.26. The summed E-state index contributed by atoms with van der Waals surface area (Å²) in [4.78, 5) is 38.4. The average molecular weight is 421 g/mol. The molecule has 4 N–H and O–H groups in total. The number of allylic oxidation sites excluding steroid dienone is 1. The Hall–Kier alpha value is -2.49. The molecule has 0 atom stereocenters. The van der Waals surface area contributed by atoms with Gasteiger partial charge in [-0.15, -0.1) is 11.3 Å². The SMILES string of the molecule is C/C=C(\C=C/CCNC(=O)c1ccc(C(N)=O)s1)C(=O)NCCN1CCOCC1. The number of nitrogens with one attached hydrogen (secondary N) is 2. The second-order valence-corrected chi connectivity index (χ2v) is 7.51. The van der Waals surface area contributed by atoms with Crippen LogP contribution >= 0.6 is 11.3 Å². The van der Waals surface area contributed by atoms with Crippen molar-refractivity contribution in [2.24, 2.45) is 5.73 Å². The van der Waals surface area contributed by atoms with Crippen molar-refractivity contribution in [3.05, 3.63) is 45.7 Å². The van der Waals surface area contributed by atoms with Crippen LogP contribution in [0.25, 0.3) is 0 Å². The molecule has 0 radical (unpaired) electrons. The van der Waals surface area contributed by atoms with Crippen LogP contribution in [0.2, 0.25) is 0 Å². The first-order valence-electron chi connectivity index (χ1n) is 9.60. The topological polar surface area (TPSA) is 114 Å². The average Bonchev–Trinajstić information content (AvgIpc) is 3.22. The summed E-state index contributed by atoms with van der Waals surface area (Å²) in [6.07, 6.45) is 5.95. The fraction of sp³-hybridized carbons (Fsp3) is 0.450. The Balaban J connectivity index is 1.66. The second-order valence-electron chi connectivity index (χ2n) is 6.43.